The molecule has 14 heteroatoms. The molecule has 230 valence electrons. The molecular formula is C30H34N7O6P. The topological polar surface area (TPSA) is 153 Å². The van der Waals surface area contributed by atoms with Crippen molar-refractivity contribution < 1.29 is 28.1 Å². The van der Waals surface area contributed by atoms with Gasteiger partial charge in [0.1, 0.15) is 0 Å². The van der Waals surface area contributed by atoms with Crippen LogP contribution in [0.25, 0.3) is 11.2 Å². The minimum absolute atomic E-state index is 0.119. The average molecular weight is 620 g/mol. The molecule has 2 aliphatic rings. The van der Waals surface area contributed by atoms with Gasteiger partial charge in [0.2, 0.25) is 5.95 Å². The van der Waals surface area contributed by atoms with Gasteiger partial charge in [-0.2, -0.15) is 9.97 Å². The highest BCUT2D eigenvalue weighted by Gasteiger charge is 2.34. The summed E-state index contributed by atoms with van der Waals surface area (Å²) in [5, 5.41) is 8.03. The van der Waals surface area contributed by atoms with Gasteiger partial charge in [0.15, 0.2) is 23.0 Å². The van der Waals surface area contributed by atoms with Crippen molar-refractivity contribution in [2.45, 2.75) is 44.3 Å². The van der Waals surface area contributed by atoms with E-state index in [-0.39, 0.29) is 18.6 Å². The lowest BCUT2D eigenvalue weighted by atomic mass is 10.1. The van der Waals surface area contributed by atoms with Gasteiger partial charge in [0.05, 0.1) is 31.8 Å². The zero-order valence-electron chi connectivity index (χ0n) is 24.3. The summed E-state index contributed by atoms with van der Waals surface area (Å²) in [6.07, 6.45) is 8.37. The van der Waals surface area contributed by atoms with Crippen LogP contribution in [-0.2, 0) is 23.2 Å². The van der Waals surface area contributed by atoms with E-state index in [4.69, 9.17) is 23.9 Å². The lowest BCUT2D eigenvalue weighted by Gasteiger charge is -2.27. The molecule has 0 spiro atoms. The summed E-state index contributed by atoms with van der Waals surface area (Å²) in [5.74, 6) is -0.0386. The highest BCUT2D eigenvalue weighted by Crippen LogP contribution is 2.45. The Morgan fingerprint density at radius 2 is 1.84 bits per heavy atom. The predicted molar refractivity (Wildman–Crippen MR) is 165 cm³/mol. The smallest absolute Gasteiger partial charge is 0.369 e. The maximum Gasteiger partial charge on any atom is 0.529 e. The summed E-state index contributed by atoms with van der Waals surface area (Å²) in [6, 6.07) is 17.8. The van der Waals surface area contributed by atoms with E-state index in [0.717, 1.165) is 18.5 Å². The zero-order valence-corrected chi connectivity index (χ0v) is 25.2. The maximum atomic E-state index is 12.7. The number of carbonyl (C=O) groups excluding carboxylic acids is 1. The fraction of sp³-hybridized carbons (Fsp3) is 0.333. The first-order chi connectivity index (χ1) is 21.3. The van der Waals surface area contributed by atoms with Gasteiger partial charge in [-0.15, -0.1) is 0 Å². The Hall–Kier alpha value is -4.29. The van der Waals surface area contributed by atoms with Gasteiger partial charge in [-0.25, -0.2) is 19.4 Å². The zero-order chi connectivity index (χ0) is 30.7. The van der Waals surface area contributed by atoms with Crippen LogP contribution in [0.1, 0.15) is 32.2 Å². The number of fused-ring (bicyclic) bond motifs is 1. The molecule has 1 unspecified atom stereocenters. The van der Waals surface area contributed by atoms with Crippen molar-refractivity contribution in [3.05, 3.63) is 79.1 Å². The molecule has 2 aromatic carbocycles. The van der Waals surface area contributed by atoms with E-state index in [9.17, 15) is 14.3 Å². The van der Waals surface area contributed by atoms with Crippen LogP contribution in [0.3, 0.4) is 0 Å². The van der Waals surface area contributed by atoms with Crippen LogP contribution in [0.2, 0.25) is 0 Å². The van der Waals surface area contributed by atoms with E-state index in [1.807, 2.05) is 53.1 Å². The van der Waals surface area contributed by atoms with Gasteiger partial charge in [-0.1, -0.05) is 48.6 Å². The normalized spacial score (nSPS) is 19.8. The number of hydroxylamine groups is 1. The van der Waals surface area contributed by atoms with Crippen LogP contribution in [0.4, 0.5) is 23.1 Å². The standard InChI is InChI=1S/C30H34N7O6P/c1-20(37(41-2)24-11-7-4-8-12-24)29(38)43-44(39,40)42-18-21-13-16-25(17-21)36-19-31-26-27(32-23-14-15-23)34-30(35-28(26)36)33-22-9-5-3-6-10-22/h3-13,16,19-21,23,25H,14-15,17-18H2,1-2H3,(H,39,40)(H2,32,33,34,35)/t20-,21-,25+/m1/s1. The van der Waals surface area contributed by atoms with E-state index < -0.39 is 19.8 Å². The minimum atomic E-state index is -4.69. The van der Waals surface area contributed by atoms with Gasteiger partial charge in [0.25, 0.3) is 0 Å². The largest absolute Gasteiger partial charge is 0.529 e. The average Bonchev–Trinajstić information content (AvgIpc) is 3.53. The summed E-state index contributed by atoms with van der Waals surface area (Å²) in [6.45, 7) is 1.39. The molecule has 2 aliphatic carbocycles. The van der Waals surface area contributed by atoms with E-state index in [1.165, 1.54) is 19.1 Å². The SMILES string of the molecule is CON(c1ccccc1)[C@H](C)C(=O)OP(=O)(O)OC[C@@H]1C=C[C@H](n2cnc3c(NC4CC4)nc(Nc4ccccc4)nc32)C1. The quantitative estimate of drug-likeness (QED) is 0.100. The molecular weight excluding hydrogens is 585 g/mol. The Bertz CT molecular complexity index is 1680. The van der Waals surface area contributed by atoms with E-state index in [0.29, 0.717) is 41.1 Å². The summed E-state index contributed by atoms with van der Waals surface area (Å²) in [5.41, 5.74) is 2.79. The summed E-state index contributed by atoms with van der Waals surface area (Å²) >= 11 is 0. The molecule has 1 saturated carbocycles. The summed E-state index contributed by atoms with van der Waals surface area (Å²) < 4.78 is 24.8. The molecule has 13 nitrogen and oxygen atoms in total. The van der Waals surface area contributed by atoms with Crippen molar-refractivity contribution in [1.29, 1.82) is 0 Å². The molecule has 4 atom stereocenters. The fourth-order valence-corrected chi connectivity index (χ4v) is 5.85. The van der Waals surface area contributed by atoms with Crippen LogP contribution in [-0.4, -0.2) is 56.2 Å². The third-order valence-electron chi connectivity index (χ3n) is 7.43. The molecule has 0 bridgehead atoms. The molecule has 0 saturated heterocycles. The van der Waals surface area contributed by atoms with E-state index in [2.05, 4.69) is 15.6 Å². The Balaban J connectivity index is 1.10. The van der Waals surface area contributed by atoms with Gasteiger partial charge in [0, 0.05) is 17.6 Å². The van der Waals surface area contributed by atoms with Crippen LogP contribution >= 0.6 is 7.82 Å². The molecule has 44 heavy (non-hydrogen) atoms. The molecule has 2 heterocycles. The van der Waals surface area contributed by atoms with Crippen molar-refractivity contribution in [1.82, 2.24) is 19.5 Å². The Morgan fingerprint density at radius 1 is 1.11 bits per heavy atom. The molecule has 2 aromatic heterocycles. The number of nitrogens with one attached hydrogen (secondary N) is 2. The van der Waals surface area contributed by atoms with Gasteiger partial charge < -0.3 is 19.7 Å². The van der Waals surface area contributed by atoms with E-state index in [1.54, 1.807) is 30.6 Å². The molecule has 6 rings (SSSR count). The number of anilines is 4. The number of phosphoric acid groups is 1. The second-order valence-corrected chi connectivity index (χ2v) is 12.1. The number of carbonyl (C=O) groups is 1. The van der Waals surface area contributed by atoms with Crippen molar-refractivity contribution in [3.63, 3.8) is 0 Å². The Labute approximate surface area is 254 Å². The van der Waals surface area contributed by atoms with Crippen molar-refractivity contribution in [2.75, 3.05) is 29.4 Å². The monoisotopic (exact) mass is 619 g/mol. The number of allylic oxidation sites excluding steroid dienone is 1. The molecule has 4 aromatic rings. The minimum Gasteiger partial charge on any atom is -0.369 e. The second kappa shape index (κ2) is 12.7. The first kappa shape index (κ1) is 29.8. The van der Waals surface area contributed by atoms with E-state index >= 15 is 0 Å². The molecule has 0 radical (unpaired) electrons. The number of hydrogen-bond acceptors (Lipinski definition) is 11. The van der Waals surface area contributed by atoms with Gasteiger partial charge in [-0.05, 0) is 50.5 Å². The fourth-order valence-electron chi connectivity index (χ4n) is 5.03. The van der Waals surface area contributed by atoms with Crippen molar-refractivity contribution >= 4 is 48.1 Å². The molecule has 3 N–H and O–H groups in total. The molecule has 0 aliphatic heterocycles. The van der Waals surface area contributed by atoms with Crippen LogP contribution in [0.5, 0.6) is 0 Å². The number of rotatable bonds is 13. The first-order valence-corrected chi connectivity index (χ1v) is 15.9. The third-order valence-corrected chi connectivity index (χ3v) is 8.32. The van der Waals surface area contributed by atoms with Gasteiger partial charge in [-0.3, -0.25) is 14.3 Å². The number of hydrogen-bond donors (Lipinski definition) is 3. The van der Waals surface area contributed by atoms with Crippen molar-refractivity contribution in [2.24, 2.45) is 5.92 Å². The maximum absolute atomic E-state index is 12.7. The highest BCUT2D eigenvalue weighted by molar-refractivity contribution is 7.48. The summed E-state index contributed by atoms with van der Waals surface area (Å²) in [7, 11) is -3.29. The Morgan fingerprint density at radius 3 is 2.55 bits per heavy atom. The second-order valence-electron chi connectivity index (χ2n) is 10.8. The van der Waals surface area contributed by atoms with Gasteiger partial charge >= 0.3 is 13.8 Å². The first-order valence-electron chi connectivity index (χ1n) is 14.4. The van der Waals surface area contributed by atoms with Crippen LogP contribution in [0.15, 0.2) is 79.1 Å². The van der Waals surface area contributed by atoms with Crippen LogP contribution in [0, 0.1) is 5.92 Å². The number of aromatic nitrogens is 4. The number of imidazole rings is 1. The number of phosphoric ester groups is 1. The van der Waals surface area contributed by atoms with Crippen molar-refractivity contribution in [3.8, 4) is 0 Å². The molecule has 0 amide bonds. The number of para-hydroxylation sites is 2. The highest BCUT2D eigenvalue weighted by atomic mass is 31.2. The predicted octanol–water partition coefficient (Wildman–Crippen LogP) is 5.38. The summed E-state index contributed by atoms with van der Waals surface area (Å²) in [4.78, 5) is 42.4. The number of benzene rings is 2. The lowest BCUT2D eigenvalue weighted by Crippen LogP contribution is -2.39. The lowest BCUT2D eigenvalue weighted by molar-refractivity contribution is -0.139. The Kier molecular flexibility index (Phi) is 8.62. The third kappa shape index (κ3) is 6.92. The molecule has 1 fully saturated rings. The number of nitrogens with zero attached hydrogens (tertiary/aromatic N) is 5. The van der Waals surface area contributed by atoms with Crippen LogP contribution < -0.4 is 15.7 Å².